The molecule has 0 aromatic carbocycles. The minimum Gasteiger partial charge on any atom is -0.309 e. The van der Waals surface area contributed by atoms with Crippen molar-refractivity contribution in [1.82, 2.24) is 10.3 Å². The number of aromatic nitrogens is 1. The summed E-state index contributed by atoms with van der Waals surface area (Å²) in [7, 11) is 0. The van der Waals surface area contributed by atoms with Crippen molar-refractivity contribution in [3.8, 4) is 0 Å². The molecule has 108 valence electrons. The third-order valence-corrected chi connectivity index (χ3v) is 4.75. The van der Waals surface area contributed by atoms with Crippen molar-refractivity contribution in [3.05, 3.63) is 16.1 Å². The molecule has 19 heavy (non-hydrogen) atoms. The van der Waals surface area contributed by atoms with E-state index in [1.54, 1.807) is 11.3 Å². The topological polar surface area (TPSA) is 24.9 Å². The van der Waals surface area contributed by atoms with Gasteiger partial charge in [0.05, 0.1) is 10.9 Å². The number of aryl methyl sites for hydroxylation is 1. The van der Waals surface area contributed by atoms with Gasteiger partial charge in [-0.25, -0.2) is 4.98 Å². The van der Waals surface area contributed by atoms with Crippen molar-refractivity contribution in [2.45, 2.75) is 57.8 Å². The Kier molecular flexibility index (Phi) is 4.84. The van der Waals surface area contributed by atoms with Gasteiger partial charge in [0.2, 0.25) is 0 Å². The van der Waals surface area contributed by atoms with Gasteiger partial charge in [-0.15, -0.1) is 11.3 Å². The summed E-state index contributed by atoms with van der Waals surface area (Å²) in [5, 5.41) is 4.33. The van der Waals surface area contributed by atoms with E-state index in [4.69, 9.17) is 0 Å². The number of nitrogens with one attached hydrogen (secondary N) is 1. The summed E-state index contributed by atoms with van der Waals surface area (Å²) in [4.78, 5) is 5.35. The molecule has 0 radical (unpaired) electrons. The van der Waals surface area contributed by atoms with Crippen LogP contribution >= 0.6 is 11.3 Å². The lowest BCUT2D eigenvalue weighted by molar-refractivity contribution is -0.183. The van der Waals surface area contributed by atoms with Crippen molar-refractivity contribution in [2.75, 3.05) is 0 Å². The Bertz CT molecular complexity index is 403. The predicted octanol–water partition coefficient (Wildman–Crippen LogP) is 3.92. The van der Waals surface area contributed by atoms with Crippen LogP contribution in [0.15, 0.2) is 6.20 Å². The van der Waals surface area contributed by atoms with E-state index < -0.39 is 12.1 Å². The van der Waals surface area contributed by atoms with E-state index >= 15 is 0 Å². The van der Waals surface area contributed by atoms with Gasteiger partial charge in [-0.1, -0.05) is 13.3 Å². The number of rotatable bonds is 4. The molecule has 1 aromatic heterocycles. The molecular formula is C13H19F3N2S. The van der Waals surface area contributed by atoms with Crippen molar-refractivity contribution >= 4 is 11.3 Å². The highest BCUT2D eigenvalue weighted by molar-refractivity contribution is 7.11. The quantitative estimate of drug-likeness (QED) is 0.910. The molecule has 2 rings (SSSR count). The Morgan fingerprint density at radius 2 is 2.21 bits per heavy atom. The third-order valence-electron chi connectivity index (χ3n) is 3.61. The summed E-state index contributed by atoms with van der Waals surface area (Å²) in [5.41, 5.74) is 0. The maximum absolute atomic E-state index is 12.7. The van der Waals surface area contributed by atoms with E-state index in [9.17, 15) is 13.2 Å². The summed E-state index contributed by atoms with van der Waals surface area (Å²) >= 11 is 1.63. The van der Waals surface area contributed by atoms with Crippen LogP contribution < -0.4 is 5.32 Å². The second-order valence-corrected chi connectivity index (χ2v) is 6.26. The van der Waals surface area contributed by atoms with Crippen LogP contribution in [-0.4, -0.2) is 17.2 Å². The first-order chi connectivity index (χ1) is 8.99. The molecule has 1 aliphatic rings. The largest absolute Gasteiger partial charge is 0.391 e. The van der Waals surface area contributed by atoms with Gasteiger partial charge in [0.1, 0.15) is 0 Å². The van der Waals surface area contributed by atoms with Gasteiger partial charge in [-0.2, -0.15) is 13.2 Å². The van der Waals surface area contributed by atoms with E-state index in [1.165, 1.54) is 0 Å². The minimum absolute atomic E-state index is 0.0208. The molecule has 1 fully saturated rings. The lowest BCUT2D eigenvalue weighted by Gasteiger charge is -2.31. The Balaban J connectivity index is 1.82. The Morgan fingerprint density at radius 3 is 2.84 bits per heavy atom. The van der Waals surface area contributed by atoms with E-state index in [0.29, 0.717) is 13.0 Å². The number of hydrogen-bond acceptors (Lipinski definition) is 3. The van der Waals surface area contributed by atoms with Crippen LogP contribution in [0.1, 0.15) is 42.5 Å². The second-order valence-electron chi connectivity index (χ2n) is 5.06. The van der Waals surface area contributed by atoms with Gasteiger partial charge in [0.15, 0.2) is 0 Å². The van der Waals surface area contributed by atoms with E-state index in [0.717, 1.165) is 22.7 Å². The first kappa shape index (κ1) is 14.8. The van der Waals surface area contributed by atoms with Crippen molar-refractivity contribution in [2.24, 2.45) is 5.92 Å². The Morgan fingerprint density at radius 1 is 1.42 bits per heavy atom. The molecule has 0 spiro atoms. The third kappa shape index (κ3) is 4.18. The van der Waals surface area contributed by atoms with Crippen LogP contribution in [0.5, 0.6) is 0 Å². The molecule has 0 bridgehead atoms. The summed E-state index contributed by atoms with van der Waals surface area (Å²) in [6.07, 6.45) is 0.674. The highest BCUT2D eigenvalue weighted by Gasteiger charge is 2.41. The normalized spacial score (nSPS) is 24.6. The fourth-order valence-electron chi connectivity index (χ4n) is 2.51. The van der Waals surface area contributed by atoms with Gasteiger partial charge in [0.25, 0.3) is 0 Å². The van der Waals surface area contributed by atoms with Gasteiger partial charge < -0.3 is 5.32 Å². The monoisotopic (exact) mass is 292 g/mol. The van der Waals surface area contributed by atoms with Crippen LogP contribution in [0.4, 0.5) is 13.2 Å². The zero-order valence-electron chi connectivity index (χ0n) is 11.0. The molecule has 1 aromatic rings. The smallest absolute Gasteiger partial charge is 0.309 e. The van der Waals surface area contributed by atoms with Gasteiger partial charge in [-0.3, -0.25) is 0 Å². The average Bonchev–Trinajstić information content (AvgIpc) is 2.84. The summed E-state index contributed by atoms with van der Waals surface area (Å²) in [5.74, 6) is -1.13. The molecule has 2 unspecified atom stereocenters. The maximum atomic E-state index is 12.7. The fourth-order valence-corrected chi connectivity index (χ4v) is 3.32. The number of halogens is 3. The minimum atomic E-state index is -4.04. The first-order valence-electron chi connectivity index (χ1n) is 6.72. The van der Waals surface area contributed by atoms with E-state index in [2.05, 4.69) is 10.3 Å². The summed E-state index contributed by atoms with van der Waals surface area (Å²) in [6.45, 7) is 2.68. The van der Waals surface area contributed by atoms with Crippen LogP contribution in [0.2, 0.25) is 0 Å². The summed E-state index contributed by atoms with van der Waals surface area (Å²) < 4.78 is 38.1. The molecule has 0 aliphatic heterocycles. The van der Waals surface area contributed by atoms with Gasteiger partial charge in [0, 0.05) is 23.7 Å². The van der Waals surface area contributed by atoms with E-state index in [-0.39, 0.29) is 18.9 Å². The zero-order valence-corrected chi connectivity index (χ0v) is 11.8. The van der Waals surface area contributed by atoms with Crippen LogP contribution in [-0.2, 0) is 13.0 Å². The van der Waals surface area contributed by atoms with Crippen molar-refractivity contribution < 1.29 is 13.2 Å². The highest BCUT2D eigenvalue weighted by Crippen LogP contribution is 2.37. The van der Waals surface area contributed by atoms with Crippen molar-refractivity contribution in [3.63, 3.8) is 0 Å². The molecule has 1 aliphatic carbocycles. The first-order valence-corrected chi connectivity index (χ1v) is 7.54. The molecule has 1 N–H and O–H groups in total. The zero-order chi connectivity index (χ0) is 13.9. The molecule has 0 saturated heterocycles. The number of nitrogens with zero attached hydrogens (tertiary/aromatic N) is 1. The molecule has 0 amide bonds. The van der Waals surface area contributed by atoms with Crippen LogP contribution in [0.3, 0.4) is 0 Å². The van der Waals surface area contributed by atoms with Gasteiger partial charge in [-0.05, 0) is 25.7 Å². The second kappa shape index (κ2) is 6.22. The highest BCUT2D eigenvalue weighted by atomic mass is 32.1. The van der Waals surface area contributed by atoms with Crippen LogP contribution in [0.25, 0.3) is 0 Å². The molecule has 1 saturated carbocycles. The lowest BCUT2D eigenvalue weighted by Crippen LogP contribution is -2.38. The number of alkyl halides is 3. The Labute approximate surface area is 115 Å². The number of hydrogen-bond donors (Lipinski definition) is 1. The predicted molar refractivity (Wildman–Crippen MR) is 70.1 cm³/mol. The van der Waals surface area contributed by atoms with E-state index in [1.807, 2.05) is 13.1 Å². The van der Waals surface area contributed by atoms with Crippen molar-refractivity contribution in [1.29, 1.82) is 0 Å². The molecule has 2 nitrogen and oxygen atoms in total. The number of thiazole rings is 1. The standard InChI is InChI=1S/C13H19F3N2S/c1-2-12-18-8-11(19-12)7-17-10-5-3-4-9(6-10)13(14,15)16/h8-10,17H,2-7H2,1H3. The molecule has 6 heteroatoms. The molecule has 2 atom stereocenters. The summed E-state index contributed by atoms with van der Waals surface area (Å²) in [6, 6.07) is -0.0208. The lowest BCUT2D eigenvalue weighted by atomic mass is 9.85. The Hall–Kier alpha value is -0.620. The van der Waals surface area contributed by atoms with Crippen LogP contribution in [0, 0.1) is 5.92 Å². The SMILES string of the molecule is CCc1ncc(CNC2CCCC(C(F)(F)F)C2)s1. The molecule has 1 heterocycles. The van der Waals surface area contributed by atoms with Gasteiger partial charge >= 0.3 is 6.18 Å². The fraction of sp³-hybridized carbons (Fsp3) is 0.769. The average molecular weight is 292 g/mol. The maximum Gasteiger partial charge on any atom is 0.391 e. The molecular weight excluding hydrogens is 273 g/mol.